The van der Waals surface area contributed by atoms with Gasteiger partial charge in [-0.15, -0.1) is 0 Å². The Morgan fingerprint density at radius 3 is 2.56 bits per heavy atom. The van der Waals surface area contributed by atoms with Crippen molar-refractivity contribution in [2.75, 3.05) is 20.8 Å². The van der Waals surface area contributed by atoms with Crippen molar-refractivity contribution < 1.29 is 28.2 Å². The van der Waals surface area contributed by atoms with Crippen LogP contribution in [0.15, 0.2) is 59.0 Å². The molecule has 0 spiro atoms. The summed E-state index contributed by atoms with van der Waals surface area (Å²) in [7, 11) is 3.12. The topological polar surface area (TPSA) is 87.0 Å². The Bertz CT molecular complexity index is 1230. The molecular weight excluding hydrogens is 434 g/mol. The molecule has 1 N–H and O–H groups in total. The third-order valence-electron chi connectivity index (χ3n) is 6.22. The van der Waals surface area contributed by atoms with Gasteiger partial charge in [-0.25, -0.2) is 0 Å². The number of nitrogens with one attached hydrogen (secondary N) is 1. The van der Waals surface area contributed by atoms with Crippen LogP contribution in [0, 0.1) is 12.8 Å². The van der Waals surface area contributed by atoms with Gasteiger partial charge in [0.2, 0.25) is 0 Å². The number of amides is 1. The van der Waals surface area contributed by atoms with E-state index in [0.717, 1.165) is 16.5 Å². The van der Waals surface area contributed by atoms with Crippen molar-refractivity contribution in [3.63, 3.8) is 0 Å². The van der Waals surface area contributed by atoms with Crippen LogP contribution in [0.3, 0.4) is 0 Å². The smallest absolute Gasteiger partial charge is 0.314 e. The largest absolute Gasteiger partial charge is 0.493 e. The van der Waals surface area contributed by atoms with Crippen molar-refractivity contribution in [1.82, 2.24) is 5.32 Å². The lowest BCUT2D eigenvalue weighted by Crippen LogP contribution is -2.34. The van der Waals surface area contributed by atoms with E-state index >= 15 is 0 Å². The van der Waals surface area contributed by atoms with Crippen molar-refractivity contribution in [2.24, 2.45) is 5.92 Å². The number of aryl methyl sites for hydroxylation is 1. The van der Waals surface area contributed by atoms with Crippen LogP contribution < -0.4 is 14.8 Å². The fourth-order valence-electron chi connectivity index (χ4n) is 4.54. The maximum absolute atomic E-state index is 13.0. The quantitative estimate of drug-likeness (QED) is 0.382. The lowest BCUT2D eigenvalue weighted by Gasteiger charge is -2.23. The van der Waals surface area contributed by atoms with E-state index in [1.807, 2.05) is 49.4 Å². The van der Waals surface area contributed by atoms with Crippen LogP contribution in [0.2, 0.25) is 0 Å². The molecule has 178 valence electrons. The lowest BCUT2D eigenvalue weighted by molar-refractivity contribution is -0.146. The van der Waals surface area contributed by atoms with E-state index in [1.165, 1.54) is 0 Å². The molecule has 34 heavy (non-hydrogen) atoms. The second-order valence-electron chi connectivity index (χ2n) is 8.26. The molecule has 0 saturated heterocycles. The molecule has 1 aliphatic carbocycles. The van der Waals surface area contributed by atoms with Gasteiger partial charge in [0.05, 0.1) is 26.7 Å². The third-order valence-corrected chi connectivity index (χ3v) is 6.22. The molecule has 1 amide bonds. The minimum absolute atomic E-state index is 0.153. The Kier molecular flexibility index (Phi) is 6.91. The Labute approximate surface area is 198 Å². The normalized spacial score (nSPS) is 18.0. The minimum Gasteiger partial charge on any atom is -0.493 e. The van der Waals surface area contributed by atoms with E-state index in [0.29, 0.717) is 29.3 Å². The second kappa shape index (κ2) is 10.0. The highest BCUT2D eigenvalue weighted by molar-refractivity contribution is 5.99. The van der Waals surface area contributed by atoms with Crippen LogP contribution in [0.5, 0.6) is 11.5 Å². The van der Waals surface area contributed by atoms with Gasteiger partial charge in [0, 0.05) is 17.0 Å². The van der Waals surface area contributed by atoms with Crippen LogP contribution in [0.25, 0.3) is 11.0 Å². The first kappa shape index (κ1) is 23.4. The number of hydrogen-bond acceptors (Lipinski definition) is 6. The van der Waals surface area contributed by atoms with Gasteiger partial charge in [-0.05, 0) is 49.9 Å². The number of methoxy groups -OCH3 is 2. The Morgan fingerprint density at radius 1 is 1.09 bits per heavy atom. The predicted molar refractivity (Wildman–Crippen MR) is 128 cm³/mol. The number of rotatable bonds is 8. The van der Waals surface area contributed by atoms with E-state index in [-0.39, 0.29) is 30.4 Å². The monoisotopic (exact) mass is 463 g/mol. The van der Waals surface area contributed by atoms with E-state index in [2.05, 4.69) is 5.32 Å². The molecule has 0 radical (unpaired) electrons. The summed E-state index contributed by atoms with van der Waals surface area (Å²) in [4.78, 5) is 25.9. The van der Waals surface area contributed by atoms with Crippen LogP contribution in [0.4, 0.5) is 0 Å². The molecule has 7 nitrogen and oxygen atoms in total. The van der Waals surface area contributed by atoms with Gasteiger partial charge in [0.1, 0.15) is 5.58 Å². The Balaban J connectivity index is 1.53. The number of furan rings is 1. The van der Waals surface area contributed by atoms with Gasteiger partial charge in [0.25, 0.3) is 5.91 Å². The number of benzene rings is 2. The summed E-state index contributed by atoms with van der Waals surface area (Å²) in [5.74, 6) is 0.154. The van der Waals surface area contributed by atoms with E-state index in [9.17, 15) is 9.59 Å². The average molecular weight is 464 g/mol. The number of para-hydroxylation sites is 1. The fourth-order valence-corrected chi connectivity index (χ4v) is 4.54. The van der Waals surface area contributed by atoms with E-state index in [4.69, 9.17) is 18.6 Å². The standard InChI is InChI=1S/C27H29NO6/c1-5-33-27(30)24(18-11-13-22(31-3)23(15-18)32-4)17-10-12-19(14-17)28-26(29)25-16(2)20-8-6-7-9-21(20)34-25/h6-13,15,17,19,24H,5,14H2,1-4H3,(H,28,29)/t17-,19-,24+/m1/s1. The first-order valence-corrected chi connectivity index (χ1v) is 11.3. The summed E-state index contributed by atoms with van der Waals surface area (Å²) in [6, 6.07) is 12.8. The summed E-state index contributed by atoms with van der Waals surface area (Å²) >= 11 is 0. The van der Waals surface area contributed by atoms with E-state index < -0.39 is 5.92 Å². The SMILES string of the molecule is CCOC(=O)[C@H](c1ccc(OC)c(OC)c1)[C@@H]1C=C[C@@H](NC(=O)c2oc3ccccc3c2C)C1. The van der Waals surface area contributed by atoms with Crippen molar-refractivity contribution >= 4 is 22.8 Å². The van der Waals surface area contributed by atoms with Gasteiger partial charge in [-0.3, -0.25) is 9.59 Å². The molecule has 0 bridgehead atoms. The molecular formula is C27H29NO6. The highest BCUT2D eigenvalue weighted by Crippen LogP contribution is 2.38. The number of hydrogen-bond donors (Lipinski definition) is 1. The molecule has 7 heteroatoms. The van der Waals surface area contributed by atoms with Gasteiger partial charge in [-0.1, -0.05) is 36.4 Å². The zero-order valence-corrected chi connectivity index (χ0v) is 19.8. The van der Waals surface area contributed by atoms with E-state index in [1.54, 1.807) is 33.3 Å². The summed E-state index contributed by atoms with van der Waals surface area (Å²) in [5.41, 5.74) is 2.26. The molecule has 4 rings (SSSR count). The van der Waals surface area contributed by atoms with Gasteiger partial charge in [-0.2, -0.15) is 0 Å². The predicted octanol–water partition coefficient (Wildman–Crippen LogP) is 4.78. The van der Waals surface area contributed by atoms with Gasteiger partial charge >= 0.3 is 5.97 Å². The van der Waals surface area contributed by atoms with Crippen molar-refractivity contribution in [1.29, 1.82) is 0 Å². The van der Waals surface area contributed by atoms with Crippen LogP contribution in [0.1, 0.15) is 40.9 Å². The number of carbonyl (C=O) groups excluding carboxylic acids is 2. The van der Waals surface area contributed by atoms with Crippen LogP contribution in [-0.2, 0) is 9.53 Å². The number of fused-ring (bicyclic) bond motifs is 1. The van der Waals surface area contributed by atoms with Crippen molar-refractivity contribution in [2.45, 2.75) is 32.2 Å². The first-order valence-electron chi connectivity index (χ1n) is 11.3. The molecule has 1 aromatic heterocycles. The lowest BCUT2D eigenvalue weighted by atomic mass is 9.85. The molecule has 3 atom stereocenters. The molecule has 0 aliphatic heterocycles. The number of esters is 1. The zero-order chi connectivity index (χ0) is 24.2. The van der Waals surface area contributed by atoms with Crippen LogP contribution in [-0.4, -0.2) is 38.7 Å². The summed E-state index contributed by atoms with van der Waals surface area (Å²) in [6.07, 6.45) is 4.45. The zero-order valence-electron chi connectivity index (χ0n) is 19.8. The van der Waals surface area contributed by atoms with Crippen molar-refractivity contribution in [3.05, 3.63) is 71.5 Å². The second-order valence-corrected chi connectivity index (χ2v) is 8.26. The molecule has 0 saturated carbocycles. The molecule has 0 fully saturated rings. The first-order chi connectivity index (χ1) is 16.5. The minimum atomic E-state index is -0.536. The van der Waals surface area contributed by atoms with Gasteiger partial charge < -0.3 is 23.9 Å². The Hall–Kier alpha value is -3.74. The summed E-state index contributed by atoms with van der Waals surface area (Å²) < 4.78 is 21.9. The maximum atomic E-state index is 13.0. The average Bonchev–Trinajstić information content (AvgIpc) is 3.43. The highest BCUT2D eigenvalue weighted by Gasteiger charge is 2.35. The number of carbonyl (C=O) groups is 2. The number of ether oxygens (including phenoxy) is 3. The highest BCUT2D eigenvalue weighted by atomic mass is 16.5. The molecule has 0 unspecified atom stereocenters. The number of allylic oxidation sites excluding steroid dienone is 1. The molecule has 3 aromatic rings. The Morgan fingerprint density at radius 2 is 1.85 bits per heavy atom. The van der Waals surface area contributed by atoms with Crippen molar-refractivity contribution in [3.8, 4) is 11.5 Å². The molecule has 2 aromatic carbocycles. The molecule has 1 aliphatic rings. The molecule has 1 heterocycles. The van der Waals surface area contributed by atoms with Crippen LogP contribution >= 0.6 is 0 Å². The third kappa shape index (κ3) is 4.51. The summed E-state index contributed by atoms with van der Waals surface area (Å²) in [6.45, 7) is 3.94. The maximum Gasteiger partial charge on any atom is 0.314 e. The summed E-state index contributed by atoms with van der Waals surface area (Å²) in [5, 5.41) is 3.95. The fraction of sp³-hybridized carbons (Fsp3) is 0.333. The van der Waals surface area contributed by atoms with Gasteiger partial charge in [0.15, 0.2) is 17.3 Å².